The van der Waals surface area contributed by atoms with Gasteiger partial charge in [0.15, 0.2) is 0 Å². The molecule has 0 radical (unpaired) electrons. The Morgan fingerprint density at radius 3 is 2.93 bits per heavy atom. The Hall–Kier alpha value is -2.71. The summed E-state index contributed by atoms with van der Waals surface area (Å²) in [6, 6.07) is 9.27. The van der Waals surface area contributed by atoms with Crippen molar-refractivity contribution in [2.24, 2.45) is 0 Å². The van der Waals surface area contributed by atoms with Gasteiger partial charge in [0, 0.05) is 32.4 Å². The van der Waals surface area contributed by atoms with Crippen LogP contribution in [-0.2, 0) is 11.3 Å². The molecule has 28 heavy (non-hydrogen) atoms. The first kappa shape index (κ1) is 20.0. The summed E-state index contributed by atoms with van der Waals surface area (Å²) < 4.78 is 10.7. The fourth-order valence-corrected chi connectivity index (χ4v) is 3.30. The minimum absolute atomic E-state index is 0.0101. The van der Waals surface area contributed by atoms with Crippen molar-refractivity contribution in [1.82, 2.24) is 19.8 Å². The molecule has 150 valence electrons. The van der Waals surface area contributed by atoms with Crippen LogP contribution in [0, 0.1) is 0 Å². The van der Waals surface area contributed by atoms with E-state index in [1.807, 2.05) is 36.2 Å². The summed E-state index contributed by atoms with van der Waals surface area (Å²) in [4.78, 5) is 25.6. The fraction of sp³-hybridized carbons (Fsp3) is 0.450. The van der Waals surface area contributed by atoms with Crippen molar-refractivity contribution in [1.29, 1.82) is 0 Å². The lowest BCUT2D eigenvalue weighted by molar-refractivity contribution is 0.0772. The van der Waals surface area contributed by atoms with E-state index >= 15 is 0 Å². The average molecular weight is 385 g/mol. The van der Waals surface area contributed by atoms with Crippen molar-refractivity contribution in [3.05, 3.63) is 47.9 Å². The molecular formula is C20H27N5O3. The number of anilines is 1. The summed E-state index contributed by atoms with van der Waals surface area (Å²) >= 11 is 0. The molecule has 1 aromatic heterocycles. The van der Waals surface area contributed by atoms with Crippen molar-refractivity contribution in [3.8, 4) is 5.75 Å². The van der Waals surface area contributed by atoms with E-state index in [0.717, 1.165) is 6.42 Å². The Labute approximate surface area is 165 Å². The lowest BCUT2D eigenvalue weighted by Gasteiger charge is -2.24. The molecular weight excluding hydrogens is 358 g/mol. The SMILES string of the molecule is COCCOc1ccccc1C(=O)N1CCC(N(C)Cc2nccc(N)n2)C1. The molecule has 0 aliphatic carbocycles. The van der Waals surface area contributed by atoms with Crippen molar-refractivity contribution in [2.75, 3.05) is 46.2 Å². The smallest absolute Gasteiger partial charge is 0.257 e. The van der Waals surface area contributed by atoms with E-state index in [1.165, 1.54) is 0 Å². The molecule has 0 saturated carbocycles. The molecule has 1 aromatic carbocycles. The van der Waals surface area contributed by atoms with Gasteiger partial charge < -0.3 is 20.1 Å². The maximum atomic E-state index is 13.0. The lowest BCUT2D eigenvalue weighted by Crippen LogP contribution is -2.36. The first-order chi connectivity index (χ1) is 13.6. The summed E-state index contributed by atoms with van der Waals surface area (Å²) in [5.41, 5.74) is 6.31. The third kappa shape index (κ3) is 4.96. The molecule has 8 heteroatoms. The minimum Gasteiger partial charge on any atom is -0.490 e. The molecule has 1 atom stereocenters. The molecule has 1 aliphatic heterocycles. The average Bonchev–Trinajstić information content (AvgIpc) is 3.18. The molecule has 0 bridgehead atoms. The van der Waals surface area contributed by atoms with Gasteiger partial charge in [-0.2, -0.15) is 0 Å². The normalized spacial score (nSPS) is 16.5. The highest BCUT2D eigenvalue weighted by molar-refractivity contribution is 5.97. The van der Waals surface area contributed by atoms with E-state index in [1.54, 1.807) is 19.4 Å². The second-order valence-corrected chi connectivity index (χ2v) is 6.84. The third-order valence-electron chi connectivity index (χ3n) is 4.85. The monoisotopic (exact) mass is 385 g/mol. The predicted octanol–water partition coefficient (Wildman–Crippen LogP) is 1.43. The summed E-state index contributed by atoms with van der Waals surface area (Å²) in [7, 11) is 3.64. The molecule has 0 spiro atoms. The Balaban J connectivity index is 1.61. The highest BCUT2D eigenvalue weighted by atomic mass is 16.5. The number of methoxy groups -OCH3 is 1. The largest absolute Gasteiger partial charge is 0.490 e. The second kappa shape index (κ2) is 9.48. The van der Waals surface area contributed by atoms with Crippen LogP contribution in [0.25, 0.3) is 0 Å². The van der Waals surface area contributed by atoms with Crippen LogP contribution >= 0.6 is 0 Å². The molecule has 8 nitrogen and oxygen atoms in total. The number of carbonyl (C=O) groups excluding carboxylic acids is 1. The van der Waals surface area contributed by atoms with Gasteiger partial charge in [-0.25, -0.2) is 9.97 Å². The Kier molecular flexibility index (Phi) is 6.78. The van der Waals surface area contributed by atoms with E-state index in [9.17, 15) is 4.79 Å². The second-order valence-electron chi connectivity index (χ2n) is 6.84. The van der Waals surface area contributed by atoms with Gasteiger partial charge in [-0.3, -0.25) is 9.69 Å². The number of para-hydroxylation sites is 1. The number of ether oxygens (including phenoxy) is 2. The van der Waals surface area contributed by atoms with Gasteiger partial charge in [0.1, 0.15) is 24.0 Å². The van der Waals surface area contributed by atoms with Crippen molar-refractivity contribution < 1.29 is 14.3 Å². The lowest BCUT2D eigenvalue weighted by atomic mass is 10.1. The Morgan fingerprint density at radius 2 is 2.14 bits per heavy atom. The first-order valence-electron chi connectivity index (χ1n) is 9.36. The maximum Gasteiger partial charge on any atom is 0.257 e. The molecule has 2 aromatic rings. The van der Waals surface area contributed by atoms with Gasteiger partial charge in [0.25, 0.3) is 5.91 Å². The number of hydrogen-bond donors (Lipinski definition) is 1. The zero-order chi connectivity index (χ0) is 19.9. The van der Waals surface area contributed by atoms with Gasteiger partial charge in [0.05, 0.1) is 18.7 Å². The predicted molar refractivity (Wildman–Crippen MR) is 106 cm³/mol. The van der Waals surface area contributed by atoms with Gasteiger partial charge in [-0.05, 0) is 31.7 Å². The first-order valence-corrected chi connectivity index (χ1v) is 9.36. The molecule has 3 rings (SSSR count). The number of nitrogen functional groups attached to an aromatic ring is 1. The van der Waals surface area contributed by atoms with Gasteiger partial charge in [-0.1, -0.05) is 12.1 Å². The number of likely N-dealkylation sites (N-methyl/N-ethyl adjacent to an activating group) is 1. The maximum absolute atomic E-state index is 13.0. The molecule has 2 N–H and O–H groups in total. The van der Waals surface area contributed by atoms with Crippen LogP contribution in [0.2, 0.25) is 0 Å². The van der Waals surface area contributed by atoms with E-state index in [4.69, 9.17) is 15.2 Å². The third-order valence-corrected chi connectivity index (χ3v) is 4.85. The molecule has 1 aliphatic rings. The van der Waals surface area contributed by atoms with Crippen LogP contribution < -0.4 is 10.5 Å². The quantitative estimate of drug-likeness (QED) is 0.687. The number of carbonyl (C=O) groups is 1. The summed E-state index contributed by atoms with van der Waals surface area (Å²) in [5, 5.41) is 0. The van der Waals surface area contributed by atoms with Crippen LogP contribution in [0.15, 0.2) is 36.5 Å². The van der Waals surface area contributed by atoms with Crippen LogP contribution in [0.1, 0.15) is 22.6 Å². The summed E-state index contributed by atoms with van der Waals surface area (Å²) in [6.07, 6.45) is 2.56. The number of benzene rings is 1. The van der Waals surface area contributed by atoms with E-state index in [0.29, 0.717) is 55.8 Å². The van der Waals surface area contributed by atoms with Crippen LogP contribution in [0.4, 0.5) is 5.82 Å². The Bertz CT molecular complexity index is 801. The van der Waals surface area contributed by atoms with Crippen LogP contribution in [0.3, 0.4) is 0 Å². The van der Waals surface area contributed by atoms with Gasteiger partial charge >= 0.3 is 0 Å². The Morgan fingerprint density at radius 1 is 1.32 bits per heavy atom. The number of hydrogen-bond acceptors (Lipinski definition) is 7. The number of nitrogens with zero attached hydrogens (tertiary/aromatic N) is 4. The number of amides is 1. The number of rotatable bonds is 8. The van der Waals surface area contributed by atoms with E-state index < -0.39 is 0 Å². The molecule has 1 unspecified atom stereocenters. The summed E-state index contributed by atoms with van der Waals surface area (Å²) in [6.45, 7) is 2.84. The van der Waals surface area contributed by atoms with Gasteiger partial charge in [0.2, 0.25) is 0 Å². The standard InChI is InChI=1S/C20H27N5O3/c1-24(14-19-22-9-7-18(21)23-19)15-8-10-25(13-15)20(26)16-5-3-4-6-17(16)28-12-11-27-2/h3-7,9,15H,8,10-14H2,1-2H3,(H2,21,22,23). The highest BCUT2D eigenvalue weighted by Crippen LogP contribution is 2.24. The fourth-order valence-electron chi connectivity index (χ4n) is 3.30. The topological polar surface area (TPSA) is 93.8 Å². The summed E-state index contributed by atoms with van der Waals surface area (Å²) in [5.74, 6) is 1.73. The molecule has 1 saturated heterocycles. The molecule has 1 amide bonds. The van der Waals surface area contributed by atoms with Crippen LogP contribution in [0.5, 0.6) is 5.75 Å². The molecule has 2 heterocycles. The zero-order valence-electron chi connectivity index (χ0n) is 16.4. The minimum atomic E-state index is -0.0101. The van der Waals surface area contributed by atoms with Crippen molar-refractivity contribution in [2.45, 2.75) is 19.0 Å². The number of nitrogens with two attached hydrogens (primary N) is 1. The van der Waals surface area contributed by atoms with E-state index in [-0.39, 0.29) is 11.9 Å². The van der Waals surface area contributed by atoms with Gasteiger partial charge in [-0.15, -0.1) is 0 Å². The van der Waals surface area contributed by atoms with Crippen LogP contribution in [-0.4, -0.2) is 72.2 Å². The highest BCUT2D eigenvalue weighted by Gasteiger charge is 2.30. The number of aromatic nitrogens is 2. The van der Waals surface area contributed by atoms with Crippen molar-refractivity contribution >= 4 is 11.7 Å². The zero-order valence-corrected chi connectivity index (χ0v) is 16.4. The molecule has 1 fully saturated rings. The number of likely N-dealkylation sites (tertiary alicyclic amines) is 1. The van der Waals surface area contributed by atoms with E-state index in [2.05, 4.69) is 14.9 Å². The van der Waals surface area contributed by atoms with Crippen molar-refractivity contribution in [3.63, 3.8) is 0 Å².